The average Bonchev–Trinajstić information content (AvgIpc) is 2.81. The lowest BCUT2D eigenvalue weighted by Crippen LogP contribution is -2.20. The van der Waals surface area contributed by atoms with Crippen molar-refractivity contribution in [3.63, 3.8) is 0 Å². The van der Waals surface area contributed by atoms with Gasteiger partial charge >= 0.3 is 0 Å². The maximum absolute atomic E-state index is 6.14. The van der Waals surface area contributed by atoms with Crippen LogP contribution in [0.25, 0.3) is 0 Å². The van der Waals surface area contributed by atoms with Crippen LogP contribution in [0.2, 0.25) is 5.02 Å². The molecule has 1 aliphatic rings. The van der Waals surface area contributed by atoms with Crippen molar-refractivity contribution in [2.45, 2.75) is 13.3 Å². The van der Waals surface area contributed by atoms with E-state index in [1.54, 1.807) is 0 Å². The van der Waals surface area contributed by atoms with Gasteiger partial charge in [-0.1, -0.05) is 18.5 Å². The molecule has 0 aliphatic heterocycles. The smallest absolute Gasteiger partial charge is 0.0659 e. The fraction of sp³-hybridized carbons (Fsp3) is 0.500. The molecular formula is C12H17ClN2. The minimum atomic E-state index is 0.719. The number of benzene rings is 1. The average molecular weight is 225 g/mol. The molecule has 2 N–H and O–H groups in total. The first-order valence-corrected chi connectivity index (χ1v) is 5.72. The normalized spacial score (nSPS) is 23.9. The van der Waals surface area contributed by atoms with E-state index in [1.165, 1.54) is 6.42 Å². The van der Waals surface area contributed by atoms with Gasteiger partial charge in [0.1, 0.15) is 0 Å². The van der Waals surface area contributed by atoms with Crippen LogP contribution < -0.4 is 10.6 Å². The van der Waals surface area contributed by atoms with Crippen molar-refractivity contribution >= 4 is 23.0 Å². The fourth-order valence-corrected chi connectivity index (χ4v) is 2.27. The fourth-order valence-electron chi connectivity index (χ4n) is 1.94. The largest absolute Gasteiger partial charge is 0.399 e. The van der Waals surface area contributed by atoms with E-state index in [4.69, 9.17) is 17.3 Å². The number of halogens is 1. The molecule has 0 amide bonds. The van der Waals surface area contributed by atoms with Gasteiger partial charge in [0, 0.05) is 19.3 Å². The van der Waals surface area contributed by atoms with Crippen LogP contribution in [0, 0.1) is 11.8 Å². The Morgan fingerprint density at radius 2 is 2.20 bits per heavy atom. The lowest BCUT2D eigenvalue weighted by Gasteiger charge is -2.20. The van der Waals surface area contributed by atoms with E-state index in [1.807, 2.05) is 18.2 Å². The SMILES string of the molecule is CC1CC1CN(C)c1ccc(N)cc1Cl. The molecule has 1 aliphatic carbocycles. The number of nitrogen functional groups attached to an aromatic ring is 1. The Balaban J connectivity index is 2.07. The molecule has 2 rings (SSSR count). The Hall–Kier alpha value is -0.890. The van der Waals surface area contributed by atoms with Crippen molar-refractivity contribution in [1.82, 2.24) is 0 Å². The van der Waals surface area contributed by atoms with E-state index in [-0.39, 0.29) is 0 Å². The predicted molar refractivity (Wildman–Crippen MR) is 66.4 cm³/mol. The van der Waals surface area contributed by atoms with Gasteiger partial charge < -0.3 is 10.6 Å². The van der Waals surface area contributed by atoms with Gasteiger partial charge in [-0.05, 0) is 36.5 Å². The first kappa shape index (κ1) is 10.6. The second-order valence-electron chi connectivity index (χ2n) is 4.56. The predicted octanol–water partition coefficient (Wildman–Crippen LogP) is 3.01. The molecule has 1 aromatic carbocycles. The van der Waals surface area contributed by atoms with E-state index in [0.29, 0.717) is 0 Å². The summed E-state index contributed by atoms with van der Waals surface area (Å²) in [4.78, 5) is 2.22. The third-order valence-electron chi connectivity index (χ3n) is 3.17. The highest BCUT2D eigenvalue weighted by molar-refractivity contribution is 6.33. The zero-order valence-corrected chi connectivity index (χ0v) is 9.96. The standard InChI is InChI=1S/C12H17ClN2/c1-8-5-9(8)7-15(2)12-4-3-10(14)6-11(12)13/h3-4,6,8-9H,5,7,14H2,1-2H3. The maximum atomic E-state index is 6.14. The third kappa shape index (κ3) is 2.37. The summed E-state index contributed by atoms with van der Waals surface area (Å²) in [5.74, 6) is 1.71. The van der Waals surface area contributed by atoms with E-state index >= 15 is 0 Å². The topological polar surface area (TPSA) is 29.3 Å². The zero-order chi connectivity index (χ0) is 11.0. The Kier molecular flexibility index (Phi) is 2.79. The summed E-state index contributed by atoms with van der Waals surface area (Å²) in [6, 6.07) is 5.70. The maximum Gasteiger partial charge on any atom is 0.0659 e. The van der Waals surface area contributed by atoms with E-state index in [2.05, 4.69) is 18.9 Å². The van der Waals surface area contributed by atoms with Crippen LogP contribution in [0.4, 0.5) is 11.4 Å². The van der Waals surface area contributed by atoms with Gasteiger partial charge in [-0.25, -0.2) is 0 Å². The molecule has 2 atom stereocenters. The number of hydrogen-bond acceptors (Lipinski definition) is 2. The molecule has 15 heavy (non-hydrogen) atoms. The molecule has 0 bridgehead atoms. The highest BCUT2D eigenvalue weighted by atomic mass is 35.5. The Labute approximate surface area is 96.0 Å². The second kappa shape index (κ2) is 3.93. The number of nitrogens with zero attached hydrogens (tertiary/aromatic N) is 1. The van der Waals surface area contributed by atoms with E-state index in [9.17, 15) is 0 Å². The van der Waals surface area contributed by atoms with Gasteiger partial charge in [0.15, 0.2) is 0 Å². The first-order valence-electron chi connectivity index (χ1n) is 5.34. The van der Waals surface area contributed by atoms with Crippen LogP contribution in [0.1, 0.15) is 13.3 Å². The summed E-state index contributed by atoms with van der Waals surface area (Å²) in [7, 11) is 2.09. The van der Waals surface area contributed by atoms with Crippen molar-refractivity contribution in [1.29, 1.82) is 0 Å². The van der Waals surface area contributed by atoms with Crippen LogP contribution in [0.5, 0.6) is 0 Å². The van der Waals surface area contributed by atoms with Crippen molar-refractivity contribution < 1.29 is 0 Å². The van der Waals surface area contributed by atoms with Gasteiger partial charge in [-0.15, -0.1) is 0 Å². The minimum absolute atomic E-state index is 0.719. The number of nitrogens with two attached hydrogens (primary N) is 1. The van der Waals surface area contributed by atoms with Crippen LogP contribution in [-0.4, -0.2) is 13.6 Å². The monoisotopic (exact) mass is 224 g/mol. The van der Waals surface area contributed by atoms with Crippen molar-refractivity contribution in [2.24, 2.45) is 11.8 Å². The summed E-state index contributed by atoms with van der Waals surface area (Å²) >= 11 is 6.14. The first-order chi connectivity index (χ1) is 7.08. The van der Waals surface area contributed by atoms with Gasteiger partial charge in [0.05, 0.1) is 10.7 Å². The van der Waals surface area contributed by atoms with Crippen LogP contribution >= 0.6 is 11.6 Å². The molecule has 0 heterocycles. The minimum Gasteiger partial charge on any atom is -0.399 e. The molecule has 0 saturated heterocycles. The molecule has 0 radical (unpaired) electrons. The van der Waals surface area contributed by atoms with Crippen LogP contribution in [0.15, 0.2) is 18.2 Å². The summed E-state index contributed by atoms with van der Waals surface area (Å²) < 4.78 is 0. The van der Waals surface area contributed by atoms with Gasteiger partial charge in [0.25, 0.3) is 0 Å². The van der Waals surface area contributed by atoms with Gasteiger partial charge in [0.2, 0.25) is 0 Å². The van der Waals surface area contributed by atoms with Gasteiger partial charge in [-0.3, -0.25) is 0 Å². The third-order valence-corrected chi connectivity index (χ3v) is 3.47. The lowest BCUT2D eigenvalue weighted by molar-refractivity contribution is 0.725. The number of hydrogen-bond donors (Lipinski definition) is 1. The summed E-state index contributed by atoms with van der Waals surface area (Å²) in [5.41, 5.74) is 7.45. The van der Waals surface area contributed by atoms with E-state index < -0.39 is 0 Å². The molecular weight excluding hydrogens is 208 g/mol. The molecule has 2 unspecified atom stereocenters. The summed E-state index contributed by atoms with van der Waals surface area (Å²) in [5, 5.41) is 0.741. The molecule has 1 aromatic rings. The lowest BCUT2D eigenvalue weighted by atomic mass is 10.2. The molecule has 3 heteroatoms. The molecule has 1 fully saturated rings. The Morgan fingerprint density at radius 3 is 2.73 bits per heavy atom. The number of rotatable bonds is 3. The Bertz CT molecular complexity index is 365. The molecule has 2 nitrogen and oxygen atoms in total. The summed E-state index contributed by atoms with van der Waals surface area (Å²) in [6.07, 6.45) is 1.34. The zero-order valence-electron chi connectivity index (χ0n) is 9.20. The van der Waals surface area contributed by atoms with Crippen molar-refractivity contribution in [3.05, 3.63) is 23.2 Å². The van der Waals surface area contributed by atoms with E-state index in [0.717, 1.165) is 34.8 Å². The van der Waals surface area contributed by atoms with Crippen LogP contribution in [0.3, 0.4) is 0 Å². The van der Waals surface area contributed by atoms with Crippen molar-refractivity contribution in [2.75, 3.05) is 24.2 Å². The van der Waals surface area contributed by atoms with Gasteiger partial charge in [-0.2, -0.15) is 0 Å². The molecule has 82 valence electrons. The highest BCUT2D eigenvalue weighted by Crippen LogP contribution is 2.39. The molecule has 0 aromatic heterocycles. The molecule has 1 saturated carbocycles. The highest BCUT2D eigenvalue weighted by Gasteiger charge is 2.33. The second-order valence-corrected chi connectivity index (χ2v) is 4.97. The summed E-state index contributed by atoms with van der Waals surface area (Å²) in [6.45, 7) is 3.38. The number of anilines is 2. The molecule has 0 spiro atoms. The Morgan fingerprint density at radius 1 is 1.53 bits per heavy atom. The quantitative estimate of drug-likeness (QED) is 0.800. The van der Waals surface area contributed by atoms with Crippen LogP contribution in [-0.2, 0) is 0 Å². The van der Waals surface area contributed by atoms with Crippen molar-refractivity contribution in [3.8, 4) is 0 Å².